The van der Waals surface area contributed by atoms with E-state index < -0.39 is 5.82 Å². The monoisotopic (exact) mass is 169 g/mol. The van der Waals surface area contributed by atoms with E-state index >= 15 is 0 Å². The minimum absolute atomic E-state index is 0.231. The van der Waals surface area contributed by atoms with Crippen molar-refractivity contribution in [2.24, 2.45) is 5.16 Å². The van der Waals surface area contributed by atoms with Crippen molar-refractivity contribution in [2.45, 2.75) is 6.92 Å². The summed E-state index contributed by atoms with van der Waals surface area (Å²) in [6.45, 7) is 1.51. The van der Waals surface area contributed by atoms with Crippen LogP contribution in [0.3, 0.4) is 0 Å². The van der Waals surface area contributed by atoms with Gasteiger partial charge in [-0.15, -0.1) is 0 Å². The SMILES string of the molecule is CC(=NO)c1ccc(F)cc1O. The lowest BCUT2D eigenvalue weighted by molar-refractivity contribution is 0.318. The van der Waals surface area contributed by atoms with E-state index in [-0.39, 0.29) is 11.5 Å². The lowest BCUT2D eigenvalue weighted by Crippen LogP contribution is -1.95. The summed E-state index contributed by atoms with van der Waals surface area (Å²) >= 11 is 0. The zero-order chi connectivity index (χ0) is 9.14. The van der Waals surface area contributed by atoms with Crippen LogP contribution in [0.25, 0.3) is 0 Å². The fourth-order valence-electron chi connectivity index (χ4n) is 0.865. The molecule has 12 heavy (non-hydrogen) atoms. The molecule has 3 nitrogen and oxygen atoms in total. The first kappa shape index (κ1) is 8.52. The van der Waals surface area contributed by atoms with Gasteiger partial charge in [-0.05, 0) is 19.1 Å². The van der Waals surface area contributed by atoms with Crippen molar-refractivity contribution in [3.63, 3.8) is 0 Å². The third-order valence-corrected chi connectivity index (χ3v) is 1.50. The zero-order valence-electron chi connectivity index (χ0n) is 6.45. The smallest absolute Gasteiger partial charge is 0.127 e. The van der Waals surface area contributed by atoms with E-state index in [9.17, 15) is 4.39 Å². The second kappa shape index (κ2) is 3.21. The molecular formula is C8H8FNO2. The standard InChI is InChI=1S/C8H8FNO2/c1-5(10-12)7-3-2-6(9)4-8(7)11/h2-4,11-12H,1H3. The molecule has 0 radical (unpaired) electrons. The average molecular weight is 169 g/mol. The predicted molar refractivity (Wildman–Crippen MR) is 42.1 cm³/mol. The Kier molecular flexibility index (Phi) is 2.28. The van der Waals surface area contributed by atoms with Gasteiger partial charge in [-0.3, -0.25) is 0 Å². The first-order valence-electron chi connectivity index (χ1n) is 3.32. The molecule has 0 unspecified atom stereocenters. The molecule has 0 saturated carbocycles. The van der Waals surface area contributed by atoms with Gasteiger partial charge in [-0.1, -0.05) is 5.16 Å². The molecule has 1 rings (SSSR count). The van der Waals surface area contributed by atoms with Crippen LogP contribution in [-0.2, 0) is 0 Å². The van der Waals surface area contributed by atoms with E-state index in [2.05, 4.69) is 5.16 Å². The quantitative estimate of drug-likeness (QED) is 0.382. The maximum Gasteiger partial charge on any atom is 0.127 e. The minimum atomic E-state index is -0.526. The summed E-state index contributed by atoms with van der Waals surface area (Å²) in [5.41, 5.74) is 0.561. The molecule has 0 aliphatic heterocycles. The van der Waals surface area contributed by atoms with Crippen molar-refractivity contribution in [3.05, 3.63) is 29.6 Å². The summed E-state index contributed by atoms with van der Waals surface area (Å²) in [4.78, 5) is 0. The summed E-state index contributed by atoms with van der Waals surface area (Å²) in [6, 6.07) is 3.49. The van der Waals surface area contributed by atoms with Crippen molar-refractivity contribution in [2.75, 3.05) is 0 Å². The van der Waals surface area contributed by atoms with Crippen LogP contribution < -0.4 is 0 Å². The van der Waals surface area contributed by atoms with Crippen LogP contribution in [0.15, 0.2) is 23.4 Å². The van der Waals surface area contributed by atoms with Gasteiger partial charge in [0.1, 0.15) is 11.6 Å². The molecule has 0 fully saturated rings. The van der Waals surface area contributed by atoms with E-state index in [1.165, 1.54) is 19.1 Å². The van der Waals surface area contributed by atoms with Gasteiger partial charge in [-0.2, -0.15) is 0 Å². The van der Waals surface area contributed by atoms with Gasteiger partial charge in [0, 0.05) is 11.6 Å². The molecule has 1 aromatic rings. The topological polar surface area (TPSA) is 52.8 Å². The van der Waals surface area contributed by atoms with Gasteiger partial charge in [0.25, 0.3) is 0 Å². The number of benzene rings is 1. The summed E-state index contributed by atoms with van der Waals surface area (Å²) in [5, 5.41) is 20.4. The Labute approximate surface area is 68.8 Å². The second-order valence-electron chi connectivity index (χ2n) is 2.35. The number of nitrogens with zero attached hydrogens (tertiary/aromatic N) is 1. The molecule has 0 aliphatic rings. The molecule has 64 valence electrons. The predicted octanol–water partition coefficient (Wildman–Crippen LogP) is 1.73. The molecule has 4 heteroatoms. The van der Waals surface area contributed by atoms with Crippen LogP contribution in [0.1, 0.15) is 12.5 Å². The van der Waals surface area contributed by atoms with Gasteiger partial charge in [0.05, 0.1) is 5.71 Å². The Morgan fingerprint density at radius 2 is 2.17 bits per heavy atom. The molecular weight excluding hydrogens is 161 g/mol. The Balaban J connectivity index is 3.18. The van der Waals surface area contributed by atoms with Gasteiger partial charge in [0.15, 0.2) is 0 Å². The summed E-state index contributed by atoms with van der Waals surface area (Å²) < 4.78 is 12.5. The average Bonchev–Trinajstić information content (AvgIpc) is 2.03. The zero-order valence-corrected chi connectivity index (χ0v) is 6.45. The third kappa shape index (κ3) is 1.53. The highest BCUT2D eigenvalue weighted by atomic mass is 19.1. The molecule has 0 saturated heterocycles. The highest BCUT2D eigenvalue weighted by Gasteiger charge is 2.05. The van der Waals surface area contributed by atoms with E-state index in [0.717, 1.165) is 6.07 Å². The Hall–Kier alpha value is -1.58. The van der Waals surface area contributed by atoms with Crippen molar-refractivity contribution in [1.29, 1.82) is 0 Å². The molecule has 0 bridgehead atoms. The maximum absolute atomic E-state index is 12.5. The molecule has 0 spiro atoms. The van der Waals surface area contributed by atoms with Crippen LogP contribution in [0, 0.1) is 5.82 Å². The van der Waals surface area contributed by atoms with Crippen LogP contribution in [-0.4, -0.2) is 16.0 Å². The highest BCUT2D eigenvalue weighted by Crippen LogP contribution is 2.18. The van der Waals surface area contributed by atoms with Crippen molar-refractivity contribution in [1.82, 2.24) is 0 Å². The number of phenols is 1. The Morgan fingerprint density at radius 1 is 1.50 bits per heavy atom. The number of oxime groups is 1. The number of aromatic hydroxyl groups is 1. The van der Waals surface area contributed by atoms with Crippen LogP contribution >= 0.6 is 0 Å². The fraction of sp³-hybridized carbons (Fsp3) is 0.125. The molecule has 0 aliphatic carbocycles. The number of rotatable bonds is 1. The van der Waals surface area contributed by atoms with Crippen LogP contribution in [0.2, 0.25) is 0 Å². The minimum Gasteiger partial charge on any atom is -0.507 e. The summed E-state index contributed by atoms with van der Waals surface area (Å²) in [7, 11) is 0. The van der Waals surface area contributed by atoms with Gasteiger partial charge in [-0.25, -0.2) is 4.39 Å². The summed E-state index contributed by atoms with van der Waals surface area (Å²) in [6.07, 6.45) is 0. The first-order valence-corrected chi connectivity index (χ1v) is 3.32. The van der Waals surface area contributed by atoms with E-state index in [0.29, 0.717) is 5.56 Å². The maximum atomic E-state index is 12.5. The van der Waals surface area contributed by atoms with E-state index in [4.69, 9.17) is 10.3 Å². The van der Waals surface area contributed by atoms with Crippen LogP contribution in [0.5, 0.6) is 5.75 Å². The fourth-order valence-corrected chi connectivity index (χ4v) is 0.865. The largest absolute Gasteiger partial charge is 0.507 e. The lowest BCUT2D eigenvalue weighted by Gasteiger charge is -2.01. The molecule has 1 aromatic carbocycles. The molecule has 0 heterocycles. The van der Waals surface area contributed by atoms with Gasteiger partial charge >= 0.3 is 0 Å². The van der Waals surface area contributed by atoms with E-state index in [1.54, 1.807) is 0 Å². The molecule has 0 atom stereocenters. The van der Waals surface area contributed by atoms with Crippen LogP contribution in [0.4, 0.5) is 4.39 Å². The summed E-state index contributed by atoms with van der Waals surface area (Å²) in [5.74, 6) is -0.757. The second-order valence-corrected chi connectivity index (χ2v) is 2.35. The Morgan fingerprint density at radius 3 is 2.67 bits per heavy atom. The number of hydrogen-bond donors (Lipinski definition) is 2. The van der Waals surface area contributed by atoms with Crippen molar-refractivity contribution < 1.29 is 14.7 Å². The number of phenolic OH excluding ortho intramolecular Hbond substituents is 1. The highest BCUT2D eigenvalue weighted by molar-refractivity contribution is 6.00. The molecule has 2 N–H and O–H groups in total. The Bertz CT molecular complexity index is 323. The molecule has 0 aromatic heterocycles. The number of halogens is 1. The van der Waals surface area contributed by atoms with Gasteiger partial charge < -0.3 is 10.3 Å². The van der Waals surface area contributed by atoms with Crippen molar-refractivity contribution in [3.8, 4) is 5.75 Å². The molecule has 0 amide bonds. The lowest BCUT2D eigenvalue weighted by atomic mass is 10.1. The third-order valence-electron chi connectivity index (χ3n) is 1.50. The normalized spacial score (nSPS) is 11.7. The van der Waals surface area contributed by atoms with E-state index in [1.807, 2.05) is 0 Å². The van der Waals surface area contributed by atoms with Crippen molar-refractivity contribution >= 4 is 5.71 Å². The van der Waals surface area contributed by atoms with Gasteiger partial charge in [0.2, 0.25) is 0 Å². The first-order chi connectivity index (χ1) is 5.65. The number of hydrogen-bond acceptors (Lipinski definition) is 3.